The molecule has 12 rings (SSSR count). The molecule has 59 heavy (non-hydrogen) atoms. The lowest BCUT2D eigenvalue weighted by Crippen LogP contribution is -2.25. The van der Waals surface area contributed by atoms with Gasteiger partial charge in [-0.2, -0.15) is 0 Å². The molecule has 10 aromatic rings. The van der Waals surface area contributed by atoms with Crippen molar-refractivity contribution in [3.8, 4) is 55.8 Å². The summed E-state index contributed by atoms with van der Waals surface area (Å²) in [6.07, 6.45) is 1.97. The number of rotatable bonds is 3. The van der Waals surface area contributed by atoms with Gasteiger partial charge in [0.2, 0.25) is 0 Å². The molecule has 0 amide bonds. The highest BCUT2D eigenvalue weighted by Gasteiger charge is 2.51. The summed E-state index contributed by atoms with van der Waals surface area (Å²) in [7, 11) is 0. The zero-order valence-electron chi connectivity index (χ0n) is 33.6. The van der Waals surface area contributed by atoms with E-state index in [2.05, 4.69) is 191 Å². The smallest absolute Gasteiger partial charge is 0.0975 e. The van der Waals surface area contributed by atoms with Crippen molar-refractivity contribution in [2.24, 2.45) is 0 Å². The summed E-state index contributed by atoms with van der Waals surface area (Å²) in [6.45, 7) is 8.69. The van der Waals surface area contributed by atoms with E-state index in [4.69, 9.17) is 9.97 Å². The van der Waals surface area contributed by atoms with Crippen LogP contribution >= 0.6 is 0 Å². The summed E-state index contributed by atoms with van der Waals surface area (Å²) in [5.74, 6) is 0. The lowest BCUT2D eigenvalue weighted by Gasteiger charge is -2.30. The maximum Gasteiger partial charge on any atom is 0.0975 e. The Morgan fingerprint density at radius 3 is 1.46 bits per heavy atom. The van der Waals surface area contributed by atoms with Crippen LogP contribution in [0.4, 0.5) is 0 Å². The predicted molar refractivity (Wildman–Crippen MR) is 246 cm³/mol. The zero-order chi connectivity index (χ0) is 39.6. The minimum absolute atomic E-state index is 0.345. The molecule has 2 aliphatic carbocycles. The third kappa shape index (κ3) is 4.69. The molecule has 1 spiro atoms. The van der Waals surface area contributed by atoms with Gasteiger partial charge in [-0.25, -0.2) is 4.98 Å². The van der Waals surface area contributed by atoms with Crippen molar-refractivity contribution in [1.82, 2.24) is 9.97 Å². The van der Waals surface area contributed by atoms with Gasteiger partial charge in [0.15, 0.2) is 0 Å². The molecule has 0 fully saturated rings. The Balaban J connectivity index is 0.907. The first-order chi connectivity index (χ1) is 28.9. The van der Waals surface area contributed by atoms with Gasteiger partial charge in [0.05, 0.1) is 22.1 Å². The van der Waals surface area contributed by atoms with Crippen molar-refractivity contribution in [3.63, 3.8) is 0 Å². The van der Waals surface area contributed by atoms with Crippen LogP contribution in [0.25, 0.3) is 88.3 Å². The minimum Gasteiger partial charge on any atom is -0.254 e. The SMILES string of the molecule is Cc1cnc2c(ccc3c(C)c(C)c(-c4ccc(-c5ccc6cc(-c7ccc8c(c7)C7(c9ccccc9-c9ccccc97)c7ccccc7-8)ccc6c5)cc4)nc32)c1C. The monoisotopic (exact) mass is 752 g/mol. The maximum atomic E-state index is 5.29. The van der Waals surface area contributed by atoms with Gasteiger partial charge in [0.1, 0.15) is 0 Å². The van der Waals surface area contributed by atoms with Gasteiger partial charge in [-0.15, -0.1) is 0 Å². The molecular weight excluding hydrogens is 713 g/mol. The van der Waals surface area contributed by atoms with E-state index in [1.807, 2.05) is 6.20 Å². The molecule has 0 bridgehead atoms. The summed E-state index contributed by atoms with van der Waals surface area (Å²) in [6, 6.07) is 61.3. The average molecular weight is 753 g/mol. The number of fused-ring (bicyclic) bond motifs is 14. The standard InChI is InChI=1S/C57H40N2/c1-33-32-58-55-44(34(33)2)27-28-45-35(3)36(4)54(59-56(45)55)38-19-17-37(18-20-38)39-21-22-41-30-42(24-23-40(41)29-39)43-25-26-49-48-13-7-10-16-52(48)57(53(49)31-43)50-14-8-5-11-46(50)47-12-6-9-15-51(47)57/h5-32H,1-4H3. The average Bonchev–Trinajstić information content (AvgIpc) is 3.75. The first-order valence-corrected chi connectivity index (χ1v) is 20.6. The highest BCUT2D eigenvalue weighted by Crippen LogP contribution is 2.63. The van der Waals surface area contributed by atoms with E-state index in [9.17, 15) is 0 Å². The van der Waals surface area contributed by atoms with Crippen molar-refractivity contribution in [1.29, 1.82) is 0 Å². The lowest BCUT2D eigenvalue weighted by atomic mass is 9.70. The van der Waals surface area contributed by atoms with Gasteiger partial charge in [-0.3, -0.25) is 4.98 Å². The molecular formula is C57H40N2. The van der Waals surface area contributed by atoms with Crippen molar-refractivity contribution >= 4 is 32.6 Å². The van der Waals surface area contributed by atoms with Gasteiger partial charge in [0.25, 0.3) is 0 Å². The molecule has 8 aromatic carbocycles. The fourth-order valence-electron chi connectivity index (χ4n) is 10.5. The second-order valence-corrected chi connectivity index (χ2v) is 16.6. The van der Waals surface area contributed by atoms with E-state index in [0.717, 1.165) is 22.3 Å². The van der Waals surface area contributed by atoms with Gasteiger partial charge in [-0.1, -0.05) is 146 Å². The molecule has 0 radical (unpaired) electrons. The van der Waals surface area contributed by atoms with E-state index in [-0.39, 0.29) is 5.41 Å². The van der Waals surface area contributed by atoms with E-state index < -0.39 is 0 Å². The molecule has 0 saturated carbocycles. The molecule has 2 heteroatoms. The van der Waals surface area contributed by atoms with Crippen LogP contribution in [0.1, 0.15) is 44.5 Å². The van der Waals surface area contributed by atoms with Crippen molar-refractivity contribution in [3.05, 3.63) is 214 Å². The Hall–Kier alpha value is -7.16. The Kier molecular flexibility index (Phi) is 7.14. The Labute approximate surface area is 344 Å². The molecule has 0 atom stereocenters. The van der Waals surface area contributed by atoms with Crippen molar-refractivity contribution in [2.45, 2.75) is 33.1 Å². The van der Waals surface area contributed by atoms with Crippen LogP contribution in [0, 0.1) is 27.7 Å². The number of hydrogen-bond donors (Lipinski definition) is 0. The van der Waals surface area contributed by atoms with Crippen LogP contribution in [-0.2, 0) is 5.41 Å². The molecule has 0 aliphatic heterocycles. The van der Waals surface area contributed by atoms with Gasteiger partial charge in [0, 0.05) is 22.5 Å². The largest absolute Gasteiger partial charge is 0.254 e. The Bertz CT molecular complexity index is 3360. The number of aromatic nitrogens is 2. The van der Waals surface area contributed by atoms with Crippen LogP contribution in [0.15, 0.2) is 170 Å². The second kappa shape index (κ2) is 12.4. The van der Waals surface area contributed by atoms with E-state index in [1.54, 1.807) is 0 Å². The summed E-state index contributed by atoms with van der Waals surface area (Å²) < 4.78 is 0. The molecule has 2 nitrogen and oxygen atoms in total. The lowest BCUT2D eigenvalue weighted by molar-refractivity contribution is 0.794. The fourth-order valence-corrected chi connectivity index (χ4v) is 10.5. The van der Waals surface area contributed by atoms with Crippen LogP contribution in [0.2, 0.25) is 0 Å². The summed E-state index contributed by atoms with van der Waals surface area (Å²) in [5.41, 5.74) is 24.3. The maximum absolute atomic E-state index is 5.29. The quantitative estimate of drug-likeness (QED) is 0.168. The van der Waals surface area contributed by atoms with E-state index in [0.29, 0.717) is 0 Å². The second-order valence-electron chi connectivity index (χ2n) is 16.6. The third-order valence-electron chi connectivity index (χ3n) is 13.7. The number of benzene rings is 8. The van der Waals surface area contributed by atoms with Crippen LogP contribution in [0.5, 0.6) is 0 Å². The third-order valence-corrected chi connectivity index (χ3v) is 13.7. The van der Waals surface area contributed by atoms with Gasteiger partial charge < -0.3 is 0 Å². The normalized spacial score (nSPS) is 13.2. The predicted octanol–water partition coefficient (Wildman–Crippen LogP) is 14.5. The fraction of sp³-hybridized carbons (Fsp3) is 0.0877. The first kappa shape index (κ1) is 33.9. The highest BCUT2D eigenvalue weighted by atomic mass is 14.8. The number of hydrogen-bond acceptors (Lipinski definition) is 2. The summed E-state index contributed by atoms with van der Waals surface area (Å²) >= 11 is 0. The minimum atomic E-state index is -0.345. The Morgan fingerprint density at radius 1 is 0.373 bits per heavy atom. The number of aryl methyl sites for hydroxylation is 3. The van der Waals surface area contributed by atoms with Crippen molar-refractivity contribution < 1.29 is 0 Å². The molecule has 0 saturated heterocycles. The highest BCUT2D eigenvalue weighted by molar-refractivity contribution is 6.06. The number of pyridine rings is 2. The molecule has 0 N–H and O–H groups in total. The van der Waals surface area contributed by atoms with Crippen LogP contribution in [-0.4, -0.2) is 9.97 Å². The molecule has 278 valence electrons. The van der Waals surface area contributed by atoms with Gasteiger partial charge >= 0.3 is 0 Å². The van der Waals surface area contributed by atoms with Crippen LogP contribution < -0.4 is 0 Å². The summed E-state index contributed by atoms with van der Waals surface area (Å²) in [5, 5.41) is 4.80. The topological polar surface area (TPSA) is 25.8 Å². The van der Waals surface area contributed by atoms with Gasteiger partial charge in [-0.05, 0) is 146 Å². The first-order valence-electron chi connectivity index (χ1n) is 20.6. The molecule has 2 aliphatic rings. The van der Waals surface area contributed by atoms with E-state index >= 15 is 0 Å². The summed E-state index contributed by atoms with van der Waals surface area (Å²) in [4.78, 5) is 10.2. The number of nitrogens with zero attached hydrogens (tertiary/aromatic N) is 2. The molecule has 2 heterocycles. The molecule has 2 aromatic heterocycles. The van der Waals surface area contributed by atoms with Crippen molar-refractivity contribution in [2.75, 3.05) is 0 Å². The zero-order valence-corrected chi connectivity index (χ0v) is 33.6. The molecule has 0 unspecified atom stereocenters. The Morgan fingerprint density at radius 2 is 0.847 bits per heavy atom. The van der Waals surface area contributed by atoms with Crippen LogP contribution in [0.3, 0.4) is 0 Å². The van der Waals surface area contributed by atoms with E-state index in [1.165, 1.54) is 111 Å².